The third-order valence-electron chi connectivity index (χ3n) is 5.22. The zero-order valence-corrected chi connectivity index (χ0v) is 20.4. The fourth-order valence-corrected chi connectivity index (χ4v) is 3.63. The highest BCUT2D eigenvalue weighted by atomic mass is 35.5. The summed E-state index contributed by atoms with van der Waals surface area (Å²) in [7, 11) is 0. The van der Waals surface area contributed by atoms with Crippen molar-refractivity contribution >= 4 is 41.8 Å². The Kier molecular flexibility index (Phi) is 7.71. The van der Waals surface area contributed by atoms with E-state index in [9.17, 15) is 19.1 Å². The molecular formula is C26H22ClFN6O3. The van der Waals surface area contributed by atoms with Gasteiger partial charge in [0, 0.05) is 18.2 Å². The predicted molar refractivity (Wildman–Crippen MR) is 139 cm³/mol. The first kappa shape index (κ1) is 25.7. The second kappa shape index (κ2) is 11.1. The highest BCUT2D eigenvalue weighted by Gasteiger charge is 2.20. The lowest BCUT2D eigenvalue weighted by Gasteiger charge is -2.11. The van der Waals surface area contributed by atoms with Gasteiger partial charge in [-0.3, -0.25) is 9.59 Å². The van der Waals surface area contributed by atoms with Crippen molar-refractivity contribution in [3.63, 3.8) is 0 Å². The monoisotopic (exact) mass is 520 g/mol. The highest BCUT2D eigenvalue weighted by Crippen LogP contribution is 2.28. The number of carbonyl (C=O) groups is 2. The van der Waals surface area contributed by atoms with Gasteiger partial charge in [-0.2, -0.15) is 5.10 Å². The number of carbonyl (C=O) groups excluding carboxylic acids is 2. The predicted octanol–water partition coefficient (Wildman–Crippen LogP) is 4.42. The lowest BCUT2D eigenvalue weighted by atomic mass is 10.1. The molecule has 37 heavy (non-hydrogen) atoms. The van der Waals surface area contributed by atoms with Crippen molar-refractivity contribution in [2.45, 2.75) is 13.0 Å². The Morgan fingerprint density at radius 2 is 1.89 bits per heavy atom. The quantitative estimate of drug-likeness (QED) is 0.297. The second-order valence-electron chi connectivity index (χ2n) is 8.03. The van der Waals surface area contributed by atoms with Gasteiger partial charge in [-0.15, -0.1) is 0 Å². The summed E-state index contributed by atoms with van der Waals surface area (Å²) in [5.74, 6) is -1.31. The number of para-hydroxylation sites is 1. The molecule has 11 heteroatoms. The number of nitrogens with one attached hydrogen (secondary N) is 2. The maximum Gasteiger partial charge on any atom is 0.271 e. The van der Waals surface area contributed by atoms with Crippen molar-refractivity contribution in [1.29, 1.82) is 0 Å². The van der Waals surface area contributed by atoms with E-state index in [1.807, 2.05) is 6.07 Å². The van der Waals surface area contributed by atoms with Gasteiger partial charge < -0.3 is 15.7 Å². The van der Waals surface area contributed by atoms with Gasteiger partial charge in [0.25, 0.3) is 11.8 Å². The maximum atomic E-state index is 14.5. The summed E-state index contributed by atoms with van der Waals surface area (Å²) in [5, 5.41) is 19.2. The number of hydrogen-bond acceptors (Lipinski definition) is 6. The van der Waals surface area contributed by atoms with Crippen LogP contribution in [-0.4, -0.2) is 51.1 Å². The molecule has 0 radical (unpaired) electrons. The molecule has 3 N–H and O–H groups in total. The number of aliphatic hydroxyl groups is 1. The van der Waals surface area contributed by atoms with Gasteiger partial charge in [0.15, 0.2) is 11.5 Å². The minimum absolute atomic E-state index is 0.0120. The fourth-order valence-electron chi connectivity index (χ4n) is 3.43. The van der Waals surface area contributed by atoms with Crippen LogP contribution in [-0.2, 0) is 0 Å². The lowest BCUT2D eigenvalue weighted by molar-refractivity contribution is 0.0918. The Labute approximate surface area is 216 Å². The number of anilines is 1. The fraction of sp³-hybridized carbons (Fsp3) is 0.115. The van der Waals surface area contributed by atoms with Crippen LogP contribution in [0.15, 0.2) is 71.7 Å². The summed E-state index contributed by atoms with van der Waals surface area (Å²) >= 11 is 6.31. The molecule has 0 saturated heterocycles. The Morgan fingerprint density at radius 1 is 1.14 bits per heavy atom. The first-order valence-corrected chi connectivity index (χ1v) is 11.5. The third-order valence-corrected chi connectivity index (χ3v) is 5.55. The minimum Gasteiger partial charge on any atom is -0.392 e. The van der Waals surface area contributed by atoms with Crippen LogP contribution in [0.1, 0.15) is 27.8 Å². The van der Waals surface area contributed by atoms with Crippen molar-refractivity contribution in [2.24, 2.45) is 4.99 Å². The van der Waals surface area contributed by atoms with E-state index in [1.54, 1.807) is 24.3 Å². The number of halogens is 2. The largest absolute Gasteiger partial charge is 0.392 e. The minimum atomic E-state index is -0.740. The van der Waals surface area contributed by atoms with Crippen LogP contribution in [0, 0.1) is 5.82 Å². The van der Waals surface area contributed by atoms with Gasteiger partial charge >= 0.3 is 0 Å². The molecule has 2 heterocycles. The number of benzene rings is 2. The molecule has 1 atom stereocenters. The van der Waals surface area contributed by atoms with Crippen molar-refractivity contribution in [2.75, 3.05) is 11.9 Å². The highest BCUT2D eigenvalue weighted by molar-refractivity contribution is 6.34. The van der Waals surface area contributed by atoms with Crippen LogP contribution in [0.25, 0.3) is 16.9 Å². The molecular weight excluding hydrogens is 499 g/mol. The number of amides is 2. The van der Waals surface area contributed by atoms with E-state index in [-0.39, 0.29) is 40.2 Å². The van der Waals surface area contributed by atoms with Gasteiger partial charge in [0.2, 0.25) is 0 Å². The lowest BCUT2D eigenvalue weighted by Crippen LogP contribution is -2.30. The standard InChI is InChI=1S/C26H22ClFN6O3/c1-15(35)14-30-26(37)21-13-23(34(33-21)17-6-4-3-5-7-17)32-25(36)18-12-16(8-9-19(18)27)24-20(28)10-11-22(29-2)31-24/h3-13,15,35H,2,14H2,1H3,(H,30,37)(H,32,36). The van der Waals surface area contributed by atoms with E-state index in [0.29, 0.717) is 11.3 Å². The molecule has 2 amide bonds. The Bertz CT molecular complexity index is 1470. The number of rotatable bonds is 8. The van der Waals surface area contributed by atoms with E-state index in [0.717, 1.165) is 0 Å². The van der Waals surface area contributed by atoms with Crippen LogP contribution in [0.4, 0.5) is 16.0 Å². The first-order chi connectivity index (χ1) is 17.8. The Morgan fingerprint density at radius 3 is 2.59 bits per heavy atom. The molecule has 0 saturated carbocycles. The SMILES string of the molecule is C=Nc1ccc(F)c(-c2ccc(Cl)c(C(=O)Nc3cc(C(=O)NCC(C)O)nn3-c3ccccc3)c2)n1. The topological polar surface area (TPSA) is 122 Å². The van der Waals surface area contributed by atoms with E-state index in [1.165, 1.54) is 48.0 Å². The summed E-state index contributed by atoms with van der Waals surface area (Å²) in [6, 6.07) is 17.3. The van der Waals surface area contributed by atoms with Gasteiger partial charge in [0.1, 0.15) is 17.3 Å². The molecule has 0 aliphatic heterocycles. The molecule has 0 spiro atoms. The number of aliphatic hydroxyl groups excluding tert-OH is 1. The molecule has 2 aromatic heterocycles. The van der Waals surface area contributed by atoms with Gasteiger partial charge in [0.05, 0.1) is 22.4 Å². The molecule has 0 bridgehead atoms. The second-order valence-corrected chi connectivity index (χ2v) is 8.44. The Balaban J connectivity index is 1.69. The van der Waals surface area contributed by atoms with Crippen molar-refractivity contribution in [3.8, 4) is 16.9 Å². The molecule has 188 valence electrons. The van der Waals surface area contributed by atoms with E-state index < -0.39 is 23.7 Å². The molecule has 0 fully saturated rings. The van der Waals surface area contributed by atoms with Crippen LogP contribution in [0.3, 0.4) is 0 Å². The normalized spacial score (nSPS) is 11.6. The first-order valence-electron chi connectivity index (χ1n) is 11.1. The smallest absolute Gasteiger partial charge is 0.271 e. The summed E-state index contributed by atoms with van der Waals surface area (Å²) < 4.78 is 15.9. The summed E-state index contributed by atoms with van der Waals surface area (Å²) in [6.07, 6.45) is -0.740. The van der Waals surface area contributed by atoms with Gasteiger partial charge in [-0.05, 0) is 50.0 Å². The molecule has 0 aliphatic carbocycles. The summed E-state index contributed by atoms with van der Waals surface area (Å²) in [5.41, 5.74) is 0.972. The van der Waals surface area contributed by atoms with Crippen molar-refractivity contribution in [1.82, 2.24) is 20.1 Å². The van der Waals surface area contributed by atoms with Gasteiger partial charge in [-0.25, -0.2) is 19.0 Å². The third kappa shape index (κ3) is 5.88. The van der Waals surface area contributed by atoms with Gasteiger partial charge in [-0.1, -0.05) is 35.9 Å². The number of aromatic nitrogens is 3. The van der Waals surface area contributed by atoms with Crippen LogP contribution in [0.2, 0.25) is 5.02 Å². The van der Waals surface area contributed by atoms with Crippen molar-refractivity contribution in [3.05, 3.63) is 88.8 Å². The zero-order valence-electron chi connectivity index (χ0n) is 19.7. The number of pyridine rings is 1. The zero-order chi connectivity index (χ0) is 26.5. The Hall–Kier alpha value is -4.41. The number of nitrogens with zero attached hydrogens (tertiary/aromatic N) is 4. The van der Waals surface area contributed by atoms with Crippen LogP contribution >= 0.6 is 11.6 Å². The average Bonchev–Trinajstić information content (AvgIpc) is 3.32. The molecule has 9 nitrogen and oxygen atoms in total. The van der Waals surface area contributed by atoms with E-state index >= 15 is 0 Å². The van der Waals surface area contributed by atoms with Crippen LogP contribution in [0.5, 0.6) is 0 Å². The number of hydrogen-bond donors (Lipinski definition) is 3. The molecule has 0 aliphatic rings. The summed E-state index contributed by atoms with van der Waals surface area (Å²) in [4.78, 5) is 33.7. The number of aliphatic imine (C=N–C) groups is 1. The molecule has 4 rings (SSSR count). The van der Waals surface area contributed by atoms with E-state index in [4.69, 9.17) is 11.6 Å². The molecule has 2 aromatic carbocycles. The van der Waals surface area contributed by atoms with Crippen LogP contribution < -0.4 is 10.6 Å². The summed E-state index contributed by atoms with van der Waals surface area (Å²) in [6.45, 7) is 4.98. The maximum absolute atomic E-state index is 14.5. The average molecular weight is 521 g/mol. The molecule has 1 unspecified atom stereocenters. The van der Waals surface area contributed by atoms with E-state index in [2.05, 4.69) is 32.4 Å². The van der Waals surface area contributed by atoms with Crippen molar-refractivity contribution < 1.29 is 19.1 Å². The molecule has 4 aromatic rings.